The predicted molar refractivity (Wildman–Crippen MR) is 141 cm³/mol. The lowest BCUT2D eigenvalue weighted by molar-refractivity contribution is -0.134. The summed E-state index contributed by atoms with van der Waals surface area (Å²) in [6.45, 7) is 5.55. The molecule has 35 heavy (non-hydrogen) atoms. The first-order chi connectivity index (χ1) is 16.9. The van der Waals surface area contributed by atoms with E-state index < -0.39 is 0 Å². The van der Waals surface area contributed by atoms with E-state index in [0.717, 1.165) is 37.1 Å². The number of likely N-dealkylation sites (tertiary alicyclic amines) is 1. The van der Waals surface area contributed by atoms with Crippen LogP contribution >= 0.6 is 11.8 Å². The summed E-state index contributed by atoms with van der Waals surface area (Å²) >= 11 is 1.70. The number of ether oxygens (including phenoxy) is 1. The fraction of sp³-hybridized carbons (Fsp3) is 0.429. The average molecular weight is 494 g/mol. The minimum Gasteiger partial charge on any atom is -0.497 e. The molecule has 2 amide bonds. The second-order valence-electron chi connectivity index (χ2n) is 9.29. The number of benzene rings is 2. The highest BCUT2D eigenvalue weighted by molar-refractivity contribution is 8.03. The maximum Gasteiger partial charge on any atom is 0.223 e. The Hall–Kier alpha value is -2.93. The van der Waals surface area contributed by atoms with Gasteiger partial charge >= 0.3 is 0 Å². The van der Waals surface area contributed by atoms with Gasteiger partial charge in [0.1, 0.15) is 5.75 Å². The van der Waals surface area contributed by atoms with E-state index in [1.54, 1.807) is 18.9 Å². The van der Waals surface area contributed by atoms with Crippen molar-refractivity contribution >= 4 is 23.6 Å². The third-order valence-corrected chi connectivity index (χ3v) is 7.87. The van der Waals surface area contributed by atoms with Crippen LogP contribution in [0.1, 0.15) is 54.0 Å². The van der Waals surface area contributed by atoms with Crippen LogP contribution < -0.4 is 15.4 Å². The van der Waals surface area contributed by atoms with E-state index in [9.17, 15) is 9.59 Å². The van der Waals surface area contributed by atoms with Crippen LogP contribution in [-0.4, -0.2) is 42.3 Å². The molecule has 2 unspecified atom stereocenters. The third-order valence-electron chi connectivity index (χ3n) is 6.83. The largest absolute Gasteiger partial charge is 0.497 e. The highest BCUT2D eigenvalue weighted by Crippen LogP contribution is 2.34. The van der Waals surface area contributed by atoms with Crippen LogP contribution in [0.25, 0.3) is 0 Å². The van der Waals surface area contributed by atoms with E-state index in [1.807, 2.05) is 29.2 Å². The second kappa shape index (κ2) is 11.7. The van der Waals surface area contributed by atoms with Gasteiger partial charge < -0.3 is 20.3 Å². The molecule has 2 heterocycles. The maximum absolute atomic E-state index is 12.9. The molecule has 0 radical (unpaired) electrons. The van der Waals surface area contributed by atoms with E-state index in [-0.39, 0.29) is 36.1 Å². The molecule has 0 aliphatic carbocycles. The number of allylic oxidation sites excluding steroid dienone is 1. The number of methoxy groups -OCH3 is 1. The number of thioether (sulfide) groups is 1. The summed E-state index contributed by atoms with van der Waals surface area (Å²) < 4.78 is 5.34. The van der Waals surface area contributed by atoms with Gasteiger partial charge in [-0.15, -0.1) is 11.8 Å². The number of nitrogens with one attached hydrogen (secondary N) is 2. The first kappa shape index (κ1) is 25.2. The van der Waals surface area contributed by atoms with Gasteiger partial charge in [-0.25, -0.2) is 0 Å². The van der Waals surface area contributed by atoms with Crippen molar-refractivity contribution in [2.75, 3.05) is 20.2 Å². The predicted octanol–water partition coefficient (Wildman–Crippen LogP) is 4.62. The summed E-state index contributed by atoms with van der Waals surface area (Å²) in [5.74, 6) is 0.753. The lowest BCUT2D eigenvalue weighted by Crippen LogP contribution is -2.37. The van der Waals surface area contributed by atoms with E-state index in [2.05, 4.69) is 48.1 Å². The Morgan fingerprint density at radius 2 is 1.91 bits per heavy atom. The van der Waals surface area contributed by atoms with Crippen LogP contribution in [0.2, 0.25) is 0 Å². The number of rotatable bonds is 9. The van der Waals surface area contributed by atoms with Crippen molar-refractivity contribution in [1.29, 1.82) is 0 Å². The van der Waals surface area contributed by atoms with E-state index in [1.165, 1.54) is 22.4 Å². The fourth-order valence-electron chi connectivity index (χ4n) is 4.87. The number of carbonyl (C=O) groups excluding carboxylic acids is 2. The Morgan fingerprint density at radius 3 is 2.69 bits per heavy atom. The number of nitrogens with zero attached hydrogens (tertiary/aromatic N) is 1. The smallest absolute Gasteiger partial charge is 0.223 e. The molecule has 0 saturated carbocycles. The molecule has 7 heteroatoms. The molecule has 2 aliphatic rings. The molecule has 1 fully saturated rings. The molecule has 2 aromatic rings. The Kier molecular flexibility index (Phi) is 8.39. The van der Waals surface area contributed by atoms with Crippen molar-refractivity contribution < 1.29 is 14.3 Å². The second-order valence-corrected chi connectivity index (χ2v) is 10.4. The zero-order chi connectivity index (χ0) is 24.8. The number of aryl methyl sites for hydroxylation is 2. The molecule has 2 aliphatic heterocycles. The van der Waals surface area contributed by atoms with Gasteiger partial charge in [0.05, 0.1) is 18.5 Å². The average Bonchev–Trinajstić information content (AvgIpc) is 3.53. The molecular formula is C28H35N3O3S. The van der Waals surface area contributed by atoms with Gasteiger partial charge in [0.2, 0.25) is 11.8 Å². The van der Waals surface area contributed by atoms with Crippen LogP contribution in [-0.2, 0) is 16.0 Å². The van der Waals surface area contributed by atoms with Gasteiger partial charge in [0.25, 0.3) is 0 Å². The first-order valence-electron chi connectivity index (χ1n) is 12.3. The number of carbonyl (C=O) groups is 2. The quantitative estimate of drug-likeness (QED) is 0.534. The van der Waals surface area contributed by atoms with Gasteiger partial charge in [-0.1, -0.05) is 30.3 Å². The normalized spacial score (nSPS) is 19.3. The Bertz CT molecular complexity index is 1080. The molecule has 0 bridgehead atoms. The van der Waals surface area contributed by atoms with Gasteiger partial charge in [-0.2, -0.15) is 0 Å². The van der Waals surface area contributed by atoms with Crippen LogP contribution in [0.15, 0.2) is 53.6 Å². The van der Waals surface area contributed by atoms with Crippen molar-refractivity contribution in [3.63, 3.8) is 0 Å². The summed E-state index contributed by atoms with van der Waals surface area (Å²) in [6.07, 6.45) is 3.22. The fourth-order valence-corrected chi connectivity index (χ4v) is 5.75. The molecule has 4 rings (SSSR count). The monoisotopic (exact) mass is 493 g/mol. The van der Waals surface area contributed by atoms with Gasteiger partial charge in [0, 0.05) is 38.0 Å². The summed E-state index contributed by atoms with van der Waals surface area (Å²) in [5.41, 5.74) is 6.22. The van der Waals surface area contributed by atoms with Crippen molar-refractivity contribution in [3.8, 4) is 5.75 Å². The Morgan fingerprint density at radius 1 is 1.14 bits per heavy atom. The van der Waals surface area contributed by atoms with Crippen LogP contribution in [0.5, 0.6) is 5.75 Å². The van der Waals surface area contributed by atoms with E-state index in [4.69, 9.17) is 4.74 Å². The molecule has 186 valence electrons. The highest BCUT2D eigenvalue weighted by atomic mass is 32.2. The molecule has 6 nitrogen and oxygen atoms in total. The molecule has 2 aromatic carbocycles. The zero-order valence-electron chi connectivity index (χ0n) is 20.8. The number of hydrogen-bond donors (Lipinski definition) is 2. The van der Waals surface area contributed by atoms with Crippen LogP contribution in [0, 0.1) is 13.8 Å². The molecule has 2 N–H and O–H groups in total. The Labute approximate surface area is 212 Å². The summed E-state index contributed by atoms with van der Waals surface area (Å²) in [5, 5.41) is 8.78. The first-order valence-corrected chi connectivity index (χ1v) is 13.2. The number of amides is 2. The summed E-state index contributed by atoms with van der Waals surface area (Å²) in [7, 11) is 1.65. The summed E-state index contributed by atoms with van der Waals surface area (Å²) in [6, 6.07) is 14.3. The molecule has 0 aromatic heterocycles. The van der Waals surface area contributed by atoms with Crippen molar-refractivity contribution in [3.05, 3.63) is 75.8 Å². The lowest BCUT2D eigenvalue weighted by atomic mass is 9.99. The zero-order valence-corrected chi connectivity index (χ0v) is 21.6. The van der Waals surface area contributed by atoms with Gasteiger partial charge in [0.15, 0.2) is 0 Å². The SMILES string of the molecule is COc1cccc(C2CCCN2C(=O)CCC(=O)NCC2NC(Cc3c(C)cccc3C)=CS2)c1. The van der Waals surface area contributed by atoms with Crippen molar-refractivity contribution in [1.82, 2.24) is 15.5 Å². The number of hydrogen-bond acceptors (Lipinski definition) is 5. The molecule has 2 atom stereocenters. The Balaban J connectivity index is 1.20. The topological polar surface area (TPSA) is 70.7 Å². The lowest BCUT2D eigenvalue weighted by Gasteiger charge is -2.25. The molecule has 1 saturated heterocycles. The van der Waals surface area contributed by atoms with E-state index in [0.29, 0.717) is 6.54 Å². The van der Waals surface area contributed by atoms with Crippen LogP contribution in [0.3, 0.4) is 0 Å². The minimum absolute atomic E-state index is 0.0383. The molecular weight excluding hydrogens is 458 g/mol. The van der Waals surface area contributed by atoms with Crippen LogP contribution in [0.4, 0.5) is 0 Å². The highest BCUT2D eigenvalue weighted by Gasteiger charge is 2.30. The maximum atomic E-state index is 12.9. The third kappa shape index (κ3) is 6.40. The minimum atomic E-state index is -0.0823. The summed E-state index contributed by atoms with van der Waals surface area (Å²) in [4.78, 5) is 27.3. The standard InChI is InChI=1S/C28H35N3O3S/c1-19-7-4-8-20(2)24(19)16-22-18-35-27(30-22)17-29-26(32)12-13-28(33)31-14-6-11-25(31)21-9-5-10-23(15-21)34-3/h4-5,7-10,15,18,25,27,30H,6,11-14,16-17H2,1-3H3,(H,29,32). The van der Waals surface area contributed by atoms with Crippen molar-refractivity contribution in [2.24, 2.45) is 0 Å². The van der Waals surface area contributed by atoms with E-state index >= 15 is 0 Å². The van der Waals surface area contributed by atoms with Gasteiger partial charge in [-0.3, -0.25) is 9.59 Å². The van der Waals surface area contributed by atoms with Gasteiger partial charge in [-0.05, 0) is 66.5 Å². The molecule has 0 spiro atoms. The van der Waals surface area contributed by atoms with Crippen molar-refractivity contribution in [2.45, 2.75) is 57.4 Å².